The van der Waals surface area contributed by atoms with Crippen LogP contribution in [0, 0.1) is 0 Å². The molecule has 0 bridgehead atoms. The summed E-state index contributed by atoms with van der Waals surface area (Å²) in [5, 5.41) is 0. The molecule has 1 unspecified atom stereocenters. The maximum Gasteiger partial charge on any atom is 0.239 e. The molecule has 5 heteroatoms. The minimum Gasteiger partial charge on any atom is -0.347 e. The number of carbonyl (C=O) groups excluding carboxylic acids is 2. The van der Waals surface area contributed by atoms with Gasteiger partial charge in [0.1, 0.15) is 0 Å². The van der Waals surface area contributed by atoms with Crippen molar-refractivity contribution in [2.24, 2.45) is 0 Å². The average Bonchev–Trinajstić information content (AvgIpc) is 2.98. The van der Waals surface area contributed by atoms with E-state index in [1.54, 1.807) is 19.0 Å². The van der Waals surface area contributed by atoms with Gasteiger partial charge >= 0.3 is 0 Å². The summed E-state index contributed by atoms with van der Waals surface area (Å²) in [6.45, 7) is 1.30. The van der Waals surface area contributed by atoms with Crippen LogP contribution >= 0.6 is 0 Å². The number of likely N-dealkylation sites (N-methyl/N-ethyl adjacent to an activating group) is 1. The first-order valence-corrected chi connectivity index (χ1v) is 8.84. The third-order valence-corrected chi connectivity index (χ3v) is 5.37. The Morgan fingerprint density at radius 1 is 0.955 bits per heavy atom. The molecule has 2 saturated carbocycles. The van der Waals surface area contributed by atoms with E-state index in [1.807, 2.05) is 0 Å². The van der Waals surface area contributed by atoms with Crippen molar-refractivity contribution < 1.29 is 9.59 Å². The van der Waals surface area contributed by atoms with Crippen LogP contribution < -0.4 is 0 Å². The zero-order valence-corrected chi connectivity index (χ0v) is 14.0. The lowest BCUT2D eigenvalue weighted by atomic mass is 10.2. The highest BCUT2D eigenvalue weighted by Gasteiger charge is 2.40. The molecule has 2 aliphatic carbocycles. The first-order chi connectivity index (χ1) is 10.6. The topological polar surface area (TPSA) is 43.9 Å². The summed E-state index contributed by atoms with van der Waals surface area (Å²) in [6.07, 6.45) is 9.09. The highest BCUT2D eigenvalue weighted by Crippen LogP contribution is 2.34. The van der Waals surface area contributed by atoms with Crippen LogP contribution in [0.15, 0.2) is 0 Å². The quantitative estimate of drug-likeness (QED) is 0.772. The minimum absolute atomic E-state index is 0.0939. The summed E-state index contributed by atoms with van der Waals surface area (Å²) in [5.74, 6) is 0.400. The summed E-state index contributed by atoms with van der Waals surface area (Å²) in [5.41, 5.74) is 0. The first-order valence-electron chi connectivity index (χ1n) is 8.84. The van der Waals surface area contributed by atoms with Gasteiger partial charge in [0, 0.05) is 26.2 Å². The highest BCUT2D eigenvalue weighted by molar-refractivity contribution is 5.84. The maximum absolute atomic E-state index is 12.9. The maximum atomic E-state index is 12.9. The van der Waals surface area contributed by atoms with Crippen LogP contribution in [0.25, 0.3) is 0 Å². The van der Waals surface area contributed by atoms with E-state index in [1.165, 1.54) is 38.5 Å². The molecular formula is C17H29N3O2. The molecule has 22 heavy (non-hydrogen) atoms. The minimum atomic E-state index is -0.0939. The van der Waals surface area contributed by atoms with Crippen molar-refractivity contribution >= 4 is 11.8 Å². The van der Waals surface area contributed by atoms with Gasteiger partial charge in [-0.25, -0.2) is 0 Å². The molecule has 0 radical (unpaired) electrons. The molecule has 1 atom stereocenters. The van der Waals surface area contributed by atoms with E-state index in [9.17, 15) is 9.59 Å². The lowest BCUT2D eigenvalue weighted by Gasteiger charge is -2.32. The summed E-state index contributed by atoms with van der Waals surface area (Å²) in [4.78, 5) is 31.1. The molecule has 0 spiro atoms. The Morgan fingerprint density at radius 3 is 2.18 bits per heavy atom. The molecule has 0 aromatic carbocycles. The van der Waals surface area contributed by atoms with Crippen LogP contribution in [0.4, 0.5) is 0 Å². The molecule has 124 valence electrons. The van der Waals surface area contributed by atoms with Gasteiger partial charge in [-0.1, -0.05) is 12.8 Å². The molecule has 3 fully saturated rings. The lowest BCUT2D eigenvalue weighted by Crippen LogP contribution is -2.50. The fourth-order valence-electron chi connectivity index (χ4n) is 4.09. The third-order valence-electron chi connectivity index (χ3n) is 5.37. The van der Waals surface area contributed by atoms with E-state index in [0.29, 0.717) is 18.6 Å². The molecule has 1 saturated heterocycles. The molecule has 2 amide bonds. The molecule has 0 aromatic rings. The zero-order chi connectivity index (χ0) is 15.7. The van der Waals surface area contributed by atoms with Crippen LogP contribution in [0.3, 0.4) is 0 Å². The van der Waals surface area contributed by atoms with Crippen molar-refractivity contribution in [1.29, 1.82) is 0 Å². The van der Waals surface area contributed by atoms with Gasteiger partial charge in [-0.05, 0) is 45.1 Å². The van der Waals surface area contributed by atoms with Gasteiger partial charge in [-0.2, -0.15) is 0 Å². The predicted molar refractivity (Wildman–Crippen MR) is 85.4 cm³/mol. The van der Waals surface area contributed by atoms with Crippen molar-refractivity contribution in [3.05, 3.63) is 0 Å². The van der Waals surface area contributed by atoms with Gasteiger partial charge < -0.3 is 9.80 Å². The van der Waals surface area contributed by atoms with E-state index in [0.717, 1.165) is 19.4 Å². The van der Waals surface area contributed by atoms with Gasteiger partial charge in [0.2, 0.25) is 11.8 Å². The van der Waals surface area contributed by atoms with Crippen molar-refractivity contribution in [3.63, 3.8) is 0 Å². The van der Waals surface area contributed by atoms with Gasteiger partial charge in [0.05, 0.1) is 12.6 Å². The van der Waals surface area contributed by atoms with E-state index in [-0.39, 0.29) is 17.9 Å². The van der Waals surface area contributed by atoms with Crippen molar-refractivity contribution in [2.75, 3.05) is 27.2 Å². The summed E-state index contributed by atoms with van der Waals surface area (Å²) >= 11 is 0. The van der Waals surface area contributed by atoms with Crippen LogP contribution in [-0.2, 0) is 9.59 Å². The smallest absolute Gasteiger partial charge is 0.239 e. The normalized spacial score (nSPS) is 26.4. The van der Waals surface area contributed by atoms with E-state index in [2.05, 4.69) is 9.80 Å². The Hall–Kier alpha value is -1.10. The molecule has 1 heterocycles. The van der Waals surface area contributed by atoms with Crippen molar-refractivity contribution in [2.45, 2.75) is 69.5 Å². The average molecular weight is 307 g/mol. The second-order valence-corrected chi connectivity index (χ2v) is 7.33. The fourth-order valence-corrected chi connectivity index (χ4v) is 4.09. The van der Waals surface area contributed by atoms with Gasteiger partial charge in [0.25, 0.3) is 0 Å². The van der Waals surface area contributed by atoms with Gasteiger partial charge in [-0.3, -0.25) is 14.5 Å². The molecule has 0 N–H and O–H groups in total. The van der Waals surface area contributed by atoms with Crippen molar-refractivity contribution in [3.8, 4) is 0 Å². The molecule has 3 aliphatic rings. The van der Waals surface area contributed by atoms with Crippen LogP contribution in [0.2, 0.25) is 0 Å². The number of likely N-dealkylation sites (tertiary alicyclic amines) is 1. The standard InChI is InChI=1S/C17H29N3O2/c1-18(2)17(22)15-8-5-11-19(15)12-16(21)20(14-9-10-14)13-6-3-4-7-13/h13-15H,3-12H2,1-2H3. The number of nitrogens with zero attached hydrogens (tertiary/aromatic N) is 3. The van der Waals surface area contributed by atoms with E-state index < -0.39 is 0 Å². The molecular weight excluding hydrogens is 278 g/mol. The highest BCUT2D eigenvalue weighted by atomic mass is 16.2. The largest absolute Gasteiger partial charge is 0.347 e. The van der Waals surface area contributed by atoms with Gasteiger partial charge in [0.15, 0.2) is 0 Å². The van der Waals surface area contributed by atoms with E-state index in [4.69, 9.17) is 0 Å². The Balaban J connectivity index is 1.63. The number of carbonyl (C=O) groups is 2. The number of rotatable bonds is 5. The van der Waals surface area contributed by atoms with Crippen molar-refractivity contribution in [1.82, 2.24) is 14.7 Å². The third kappa shape index (κ3) is 3.29. The molecule has 5 nitrogen and oxygen atoms in total. The van der Waals surface area contributed by atoms with Crippen LogP contribution in [0.1, 0.15) is 51.4 Å². The Morgan fingerprint density at radius 2 is 1.59 bits per heavy atom. The second-order valence-electron chi connectivity index (χ2n) is 7.33. The van der Waals surface area contributed by atoms with Crippen LogP contribution in [0.5, 0.6) is 0 Å². The second kappa shape index (κ2) is 6.57. The number of amides is 2. The summed E-state index contributed by atoms with van der Waals surface area (Å²) in [6, 6.07) is 0.857. The SMILES string of the molecule is CN(C)C(=O)C1CCCN1CC(=O)N(C1CCCC1)C1CC1. The summed E-state index contributed by atoms with van der Waals surface area (Å²) < 4.78 is 0. The molecule has 3 rings (SSSR count). The fraction of sp³-hybridized carbons (Fsp3) is 0.882. The van der Waals surface area contributed by atoms with Crippen LogP contribution in [-0.4, -0.2) is 71.8 Å². The number of hydrogen-bond donors (Lipinski definition) is 0. The zero-order valence-electron chi connectivity index (χ0n) is 14.0. The first kappa shape index (κ1) is 15.8. The Bertz CT molecular complexity index is 428. The van der Waals surface area contributed by atoms with E-state index >= 15 is 0 Å². The Labute approximate surface area is 133 Å². The number of hydrogen-bond acceptors (Lipinski definition) is 3. The van der Waals surface area contributed by atoms with Gasteiger partial charge in [-0.15, -0.1) is 0 Å². The lowest BCUT2D eigenvalue weighted by molar-refractivity contribution is -0.138. The molecule has 1 aliphatic heterocycles. The predicted octanol–water partition coefficient (Wildman–Crippen LogP) is 1.47. The summed E-state index contributed by atoms with van der Waals surface area (Å²) in [7, 11) is 3.60. The monoisotopic (exact) mass is 307 g/mol. The Kier molecular flexibility index (Phi) is 4.71. The molecule has 0 aromatic heterocycles.